The number of nitrogens with two attached hydrogens (primary N) is 1. The first kappa shape index (κ1) is 31.7. The van der Waals surface area contributed by atoms with Crippen LogP contribution in [0, 0.1) is 0 Å². The fourth-order valence-corrected chi connectivity index (χ4v) is 9.17. The molecule has 17 heteroatoms. The molecule has 48 heavy (non-hydrogen) atoms. The van der Waals surface area contributed by atoms with Gasteiger partial charge in [-0.1, -0.05) is 88.9 Å². The SMILES string of the molecule is CO/N=C(\C(=O)NC1C(=O)N2C(C(=O)OC(c3ccccc3)c3ccccc3)=C(Sc3nc4cccnc4s3)CS[C@@H]12)c1nsc(N)n1. The number of hydrogen-bond donors (Lipinski definition) is 2. The van der Waals surface area contributed by atoms with Gasteiger partial charge >= 0.3 is 5.97 Å². The van der Waals surface area contributed by atoms with Gasteiger partial charge in [-0.3, -0.25) is 14.5 Å². The molecule has 5 heterocycles. The second-order valence-electron chi connectivity index (χ2n) is 10.2. The monoisotopic (exact) mass is 716 g/mol. The summed E-state index contributed by atoms with van der Waals surface area (Å²) in [7, 11) is 1.28. The molecule has 7 rings (SSSR count). The van der Waals surface area contributed by atoms with Crippen LogP contribution in [0.2, 0.25) is 0 Å². The van der Waals surface area contributed by atoms with Crippen LogP contribution >= 0.6 is 46.4 Å². The molecule has 242 valence electrons. The van der Waals surface area contributed by atoms with E-state index in [0.717, 1.165) is 33.0 Å². The highest BCUT2D eigenvalue weighted by molar-refractivity contribution is 8.07. The molecule has 13 nitrogen and oxygen atoms in total. The Hall–Kier alpha value is -4.84. The van der Waals surface area contributed by atoms with Crippen LogP contribution in [-0.2, 0) is 24.0 Å². The fraction of sp³-hybridized carbons (Fsp3) is 0.161. The third-order valence-electron chi connectivity index (χ3n) is 7.25. The molecule has 0 aliphatic carbocycles. The molecule has 2 amide bonds. The summed E-state index contributed by atoms with van der Waals surface area (Å²) < 4.78 is 10.9. The number of carbonyl (C=O) groups is 3. The molecular formula is C31H24N8O5S4. The number of esters is 1. The zero-order valence-electron chi connectivity index (χ0n) is 24.9. The Morgan fingerprint density at radius 2 is 1.79 bits per heavy atom. The van der Waals surface area contributed by atoms with Crippen LogP contribution in [-0.4, -0.2) is 72.0 Å². The number of nitrogens with one attached hydrogen (secondary N) is 1. The van der Waals surface area contributed by atoms with E-state index in [0.29, 0.717) is 15.0 Å². The van der Waals surface area contributed by atoms with Crippen LogP contribution in [0.25, 0.3) is 10.3 Å². The zero-order valence-corrected chi connectivity index (χ0v) is 28.1. The van der Waals surface area contributed by atoms with Gasteiger partial charge in [0.1, 0.15) is 34.6 Å². The van der Waals surface area contributed by atoms with Crippen molar-refractivity contribution in [3.8, 4) is 0 Å². The zero-order chi connectivity index (χ0) is 33.2. The summed E-state index contributed by atoms with van der Waals surface area (Å²) in [6.45, 7) is 0. The number of fused-ring (bicyclic) bond motifs is 2. The van der Waals surface area contributed by atoms with Gasteiger partial charge in [0.05, 0.1) is 0 Å². The standard InChI is InChI=1S/C31H24N8O5S4/c1-43-37-20(24-36-30(32)48-38-24)25(40)35-21-27(41)39-22(19(15-45-28(21)39)46-31-34-18-13-8-14-33-26(18)47-31)29(42)44-23(16-9-4-2-5-10-16)17-11-6-3-7-12-17/h2-14,21,23,28H,15H2,1H3,(H,35,40)(H2,32,36,38)/b37-20-/t21?,28-/m0/s1. The number of nitrogen functional groups attached to an aromatic ring is 1. The van der Waals surface area contributed by atoms with E-state index >= 15 is 0 Å². The molecule has 2 atom stereocenters. The lowest BCUT2D eigenvalue weighted by molar-refractivity contribution is -0.154. The van der Waals surface area contributed by atoms with Crippen LogP contribution in [0.1, 0.15) is 23.1 Å². The summed E-state index contributed by atoms with van der Waals surface area (Å²) in [5.74, 6) is -1.57. The van der Waals surface area contributed by atoms with E-state index in [1.54, 1.807) is 6.20 Å². The van der Waals surface area contributed by atoms with Gasteiger partial charge in [-0.2, -0.15) is 9.36 Å². The number of thiazole rings is 1. The van der Waals surface area contributed by atoms with E-state index in [9.17, 15) is 14.4 Å². The Kier molecular flexibility index (Phi) is 9.07. The minimum atomic E-state index is -0.972. The number of nitrogens with zero attached hydrogens (tertiary/aromatic N) is 6. The number of carbonyl (C=O) groups excluding carboxylic acids is 3. The topological polar surface area (TPSA) is 175 Å². The number of aromatic nitrogens is 4. The molecule has 0 bridgehead atoms. The number of rotatable bonds is 10. The number of pyridine rings is 1. The van der Waals surface area contributed by atoms with Crippen molar-refractivity contribution in [3.05, 3.63) is 107 Å². The minimum absolute atomic E-state index is 0.0298. The van der Waals surface area contributed by atoms with Crippen molar-refractivity contribution in [2.24, 2.45) is 5.16 Å². The molecule has 3 aromatic heterocycles. The summed E-state index contributed by atoms with van der Waals surface area (Å²) >= 11 is 4.98. The number of β-lactam (4-membered cyclic amide) rings is 1. The number of anilines is 1. The normalized spacial score (nSPS) is 17.7. The Morgan fingerprint density at radius 1 is 1.06 bits per heavy atom. The van der Waals surface area contributed by atoms with E-state index in [1.165, 1.54) is 46.9 Å². The highest BCUT2D eigenvalue weighted by Crippen LogP contribution is 2.47. The summed E-state index contributed by atoms with van der Waals surface area (Å²) in [6, 6.07) is 21.5. The molecule has 2 aliphatic rings. The average molecular weight is 717 g/mol. The lowest BCUT2D eigenvalue weighted by atomic mass is 10.0. The maximum Gasteiger partial charge on any atom is 0.356 e. The summed E-state index contributed by atoms with van der Waals surface area (Å²) in [6.07, 6.45) is 0.955. The Labute approximate surface area is 289 Å². The van der Waals surface area contributed by atoms with Gasteiger partial charge in [0.15, 0.2) is 15.6 Å². The second kappa shape index (κ2) is 13.7. The number of thioether (sulfide) groups is 2. The predicted molar refractivity (Wildman–Crippen MR) is 184 cm³/mol. The van der Waals surface area contributed by atoms with Gasteiger partial charge in [0.2, 0.25) is 11.5 Å². The molecule has 1 unspecified atom stereocenters. The van der Waals surface area contributed by atoms with Crippen LogP contribution < -0.4 is 11.1 Å². The Bertz CT molecular complexity index is 2000. The Balaban J connectivity index is 1.21. The van der Waals surface area contributed by atoms with Crippen LogP contribution in [0.15, 0.2) is 99.1 Å². The molecule has 2 aromatic carbocycles. The molecule has 2 aliphatic heterocycles. The van der Waals surface area contributed by atoms with Gasteiger partial charge in [-0.25, -0.2) is 14.8 Å². The molecule has 0 spiro atoms. The number of amides is 2. The smallest absolute Gasteiger partial charge is 0.356 e. The first-order chi connectivity index (χ1) is 23.4. The van der Waals surface area contributed by atoms with Gasteiger partial charge in [0.25, 0.3) is 11.8 Å². The molecule has 5 aromatic rings. The van der Waals surface area contributed by atoms with E-state index in [4.69, 9.17) is 15.3 Å². The quantitative estimate of drug-likeness (QED) is 0.0913. The third-order valence-corrected chi connectivity index (χ3v) is 11.4. The van der Waals surface area contributed by atoms with Gasteiger partial charge in [0, 0.05) is 28.4 Å². The van der Waals surface area contributed by atoms with Crippen molar-refractivity contribution in [1.82, 2.24) is 29.5 Å². The lowest BCUT2D eigenvalue weighted by Gasteiger charge is -2.49. The van der Waals surface area contributed by atoms with Crippen LogP contribution in [0.5, 0.6) is 0 Å². The molecule has 0 saturated carbocycles. The lowest BCUT2D eigenvalue weighted by Crippen LogP contribution is -2.71. The van der Waals surface area contributed by atoms with Crippen LogP contribution in [0.4, 0.5) is 5.13 Å². The first-order valence-electron chi connectivity index (χ1n) is 14.3. The number of oxime groups is 1. The molecular weight excluding hydrogens is 693 g/mol. The van der Waals surface area contributed by atoms with Crippen molar-refractivity contribution < 1.29 is 24.0 Å². The van der Waals surface area contributed by atoms with Crippen LogP contribution in [0.3, 0.4) is 0 Å². The maximum atomic E-state index is 14.3. The Morgan fingerprint density at radius 3 is 2.44 bits per heavy atom. The molecule has 1 saturated heterocycles. The average Bonchev–Trinajstić information content (AvgIpc) is 3.74. The van der Waals surface area contributed by atoms with Gasteiger partial charge in [-0.05, 0) is 23.3 Å². The van der Waals surface area contributed by atoms with Crippen molar-refractivity contribution >= 4 is 85.4 Å². The summed E-state index contributed by atoms with van der Waals surface area (Å²) in [5.41, 5.74) is 7.84. The highest BCUT2D eigenvalue weighted by Gasteiger charge is 2.55. The maximum absolute atomic E-state index is 14.3. The van der Waals surface area contributed by atoms with Gasteiger partial charge in [-0.15, -0.1) is 11.8 Å². The molecule has 0 radical (unpaired) electrons. The molecule has 1 fully saturated rings. The fourth-order valence-electron chi connectivity index (χ4n) is 5.12. The van der Waals surface area contributed by atoms with E-state index in [-0.39, 0.29) is 22.4 Å². The van der Waals surface area contributed by atoms with Crippen molar-refractivity contribution in [1.29, 1.82) is 0 Å². The first-order valence-corrected chi connectivity index (χ1v) is 17.8. The number of ether oxygens (including phenoxy) is 1. The predicted octanol–water partition coefficient (Wildman–Crippen LogP) is 4.21. The van der Waals surface area contributed by atoms with E-state index < -0.39 is 35.3 Å². The summed E-state index contributed by atoms with van der Waals surface area (Å²) in [5, 5.41) is 6.01. The largest absolute Gasteiger partial charge is 0.448 e. The van der Waals surface area contributed by atoms with E-state index in [1.807, 2.05) is 72.8 Å². The number of benzene rings is 2. The van der Waals surface area contributed by atoms with Crippen molar-refractivity contribution in [2.45, 2.75) is 21.9 Å². The summed E-state index contributed by atoms with van der Waals surface area (Å²) in [4.78, 5) is 62.1. The molecule has 3 N–H and O–H groups in total. The number of hydrogen-bond acceptors (Lipinski definition) is 15. The van der Waals surface area contributed by atoms with E-state index in [2.05, 4.69) is 29.8 Å². The van der Waals surface area contributed by atoms with Crippen molar-refractivity contribution in [3.63, 3.8) is 0 Å². The van der Waals surface area contributed by atoms with Crippen molar-refractivity contribution in [2.75, 3.05) is 18.6 Å². The highest BCUT2D eigenvalue weighted by atomic mass is 32.2. The van der Waals surface area contributed by atoms with Gasteiger partial charge < -0.3 is 20.6 Å². The minimum Gasteiger partial charge on any atom is -0.448 e. The second-order valence-corrected chi connectivity index (χ2v) is 14.4. The third kappa shape index (κ3) is 6.24.